The SMILES string of the molecule is O=CCC(=O)C1(C(=O)O)CCCC(=O)C1. The van der Waals surface area contributed by atoms with Gasteiger partial charge in [-0.25, -0.2) is 0 Å². The zero-order valence-electron chi connectivity index (χ0n) is 8.19. The standard InChI is InChI=1S/C10H12O5/c11-5-3-8(13)10(9(14)15)4-1-2-7(12)6-10/h5H,1-4,6H2,(H,14,15). The maximum atomic E-state index is 11.5. The zero-order valence-corrected chi connectivity index (χ0v) is 8.19. The lowest BCUT2D eigenvalue weighted by molar-refractivity contribution is -0.159. The second-order valence-corrected chi connectivity index (χ2v) is 3.75. The van der Waals surface area contributed by atoms with Crippen LogP contribution in [0.4, 0.5) is 0 Å². The van der Waals surface area contributed by atoms with E-state index in [-0.39, 0.29) is 18.6 Å². The van der Waals surface area contributed by atoms with Crippen LogP contribution in [0.25, 0.3) is 0 Å². The number of hydrogen-bond donors (Lipinski definition) is 1. The highest BCUT2D eigenvalue weighted by Gasteiger charge is 2.48. The molecule has 82 valence electrons. The summed E-state index contributed by atoms with van der Waals surface area (Å²) in [4.78, 5) is 44.0. The van der Waals surface area contributed by atoms with Gasteiger partial charge < -0.3 is 9.90 Å². The molecular formula is C10H12O5. The van der Waals surface area contributed by atoms with Gasteiger partial charge in [-0.05, 0) is 12.8 Å². The summed E-state index contributed by atoms with van der Waals surface area (Å²) < 4.78 is 0. The van der Waals surface area contributed by atoms with Crippen LogP contribution < -0.4 is 0 Å². The number of aliphatic carboxylic acids is 1. The zero-order chi connectivity index (χ0) is 11.5. The smallest absolute Gasteiger partial charge is 0.317 e. The highest BCUT2D eigenvalue weighted by atomic mass is 16.4. The van der Waals surface area contributed by atoms with Crippen molar-refractivity contribution in [3.63, 3.8) is 0 Å². The predicted molar refractivity (Wildman–Crippen MR) is 49.2 cm³/mol. The van der Waals surface area contributed by atoms with Crippen LogP contribution in [0.15, 0.2) is 0 Å². The Balaban J connectivity index is 2.96. The maximum Gasteiger partial charge on any atom is 0.317 e. The van der Waals surface area contributed by atoms with E-state index in [4.69, 9.17) is 5.11 Å². The fraction of sp³-hybridized carbons (Fsp3) is 0.600. The summed E-state index contributed by atoms with van der Waals surface area (Å²) in [6.07, 6.45) is 0.556. The summed E-state index contributed by atoms with van der Waals surface area (Å²) in [5, 5.41) is 9.01. The molecule has 1 saturated carbocycles. The Bertz CT molecular complexity index is 320. The molecule has 5 heteroatoms. The van der Waals surface area contributed by atoms with Gasteiger partial charge in [0.2, 0.25) is 0 Å². The summed E-state index contributed by atoms with van der Waals surface area (Å²) in [6.45, 7) is 0. The fourth-order valence-electron chi connectivity index (χ4n) is 1.91. The minimum Gasteiger partial charge on any atom is -0.480 e. The number of carboxylic acid groups (broad SMARTS) is 1. The highest BCUT2D eigenvalue weighted by Crippen LogP contribution is 2.36. The lowest BCUT2D eigenvalue weighted by Gasteiger charge is -2.30. The highest BCUT2D eigenvalue weighted by molar-refractivity contribution is 6.10. The van der Waals surface area contributed by atoms with E-state index in [1.807, 2.05) is 0 Å². The third kappa shape index (κ3) is 2.11. The number of aldehydes is 1. The average Bonchev–Trinajstić information content (AvgIpc) is 2.17. The van der Waals surface area contributed by atoms with Crippen molar-refractivity contribution in [1.29, 1.82) is 0 Å². The number of ketones is 2. The normalized spacial score (nSPS) is 26.0. The van der Waals surface area contributed by atoms with Gasteiger partial charge in [0.25, 0.3) is 0 Å². The van der Waals surface area contributed by atoms with Crippen molar-refractivity contribution in [2.45, 2.75) is 32.1 Å². The molecule has 1 aliphatic carbocycles. The molecule has 0 radical (unpaired) electrons. The third-order valence-corrected chi connectivity index (χ3v) is 2.77. The first-order valence-electron chi connectivity index (χ1n) is 4.75. The van der Waals surface area contributed by atoms with E-state index in [2.05, 4.69) is 0 Å². The molecule has 1 rings (SSSR count). The molecule has 1 fully saturated rings. The number of rotatable bonds is 4. The lowest BCUT2D eigenvalue weighted by atomic mass is 9.70. The average molecular weight is 212 g/mol. The van der Waals surface area contributed by atoms with Gasteiger partial charge in [0.1, 0.15) is 17.5 Å². The number of hydrogen-bond acceptors (Lipinski definition) is 4. The number of carbonyl (C=O) groups is 4. The molecule has 0 heterocycles. The minimum atomic E-state index is -1.64. The van der Waals surface area contributed by atoms with Crippen LogP contribution in [0.1, 0.15) is 32.1 Å². The molecule has 1 atom stereocenters. The Morgan fingerprint density at radius 1 is 1.47 bits per heavy atom. The van der Waals surface area contributed by atoms with Crippen LogP contribution >= 0.6 is 0 Å². The van der Waals surface area contributed by atoms with Crippen molar-refractivity contribution in [2.24, 2.45) is 5.41 Å². The molecule has 0 amide bonds. The maximum absolute atomic E-state index is 11.5. The molecule has 1 unspecified atom stereocenters. The van der Waals surface area contributed by atoms with Gasteiger partial charge >= 0.3 is 5.97 Å². The van der Waals surface area contributed by atoms with Crippen molar-refractivity contribution in [1.82, 2.24) is 0 Å². The number of Topliss-reactive ketones (excluding diaryl/α,β-unsaturated/α-hetero) is 2. The van der Waals surface area contributed by atoms with Gasteiger partial charge in [-0.1, -0.05) is 0 Å². The molecule has 0 spiro atoms. The van der Waals surface area contributed by atoms with Crippen molar-refractivity contribution in [2.75, 3.05) is 0 Å². The third-order valence-electron chi connectivity index (χ3n) is 2.77. The quantitative estimate of drug-likeness (QED) is 0.536. The summed E-state index contributed by atoms with van der Waals surface area (Å²) in [5.41, 5.74) is -1.64. The van der Waals surface area contributed by atoms with E-state index >= 15 is 0 Å². The van der Waals surface area contributed by atoms with E-state index in [0.717, 1.165) is 0 Å². The van der Waals surface area contributed by atoms with Crippen LogP contribution in [0.5, 0.6) is 0 Å². The fourth-order valence-corrected chi connectivity index (χ4v) is 1.91. The Kier molecular flexibility index (Phi) is 3.34. The first kappa shape index (κ1) is 11.6. The molecular weight excluding hydrogens is 200 g/mol. The molecule has 0 saturated heterocycles. The second-order valence-electron chi connectivity index (χ2n) is 3.75. The first-order valence-corrected chi connectivity index (χ1v) is 4.75. The van der Waals surface area contributed by atoms with Gasteiger partial charge in [-0.15, -0.1) is 0 Å². The van der Waals surface area contributed by atoms with Gasteiger partial charge in [0.15, 0.2) is 5.78 Å². The summed E-state index contributed by atoms with van der Waals surface area (Å²) >= 11 is 0. The van der Waals surface area contributed by atoms with Crippen molar-refractivity contribution in [3.05, 3.63) is 0 Å². The van der Waals surface area contributed by atoms with Crippen LogP contribution in [0.3, 0.4) is 0 Å². The molecule has 0 aromatic rings. The molecule has 0 aromatic heterocycles. The number of carbonyl (C=O) groups excluding carboxylic acids is 3. The Morgan fingerprint density at radius 3 is 2.60 bits per heavy atom. The van der Waals surface area contributed by atoms with Crippen molar-refractivity contribution in [3.8, 4) is 0 Å². The van der Waals surface area contributed by atoms with Crippen LogP contribution in [-0.2, 0) is 19.2 Å². The molecule has 1 aliphatic rings. The Morgan fingerprint density at radius 2 is 2.13 bits per heavy atom. The largest absolute Gasteiger partial charge is 0.480 e. The summed E-state index contributed by atoms with van der Waals surface area (Å²) in [5.74, 6) is -2.16. The number of carboxylic acids is 1. The van der Waals surface area contributed by atoms with Crippen LogP contribution in [-0.4, -0.2) is 28.9 Å². The molecule has 0 aromatic carbocycles. The van der Waals surface area contributed by atoms with Gasteiger partial charge in [-0.3, -0.25) is 14.4 Å². The first-order chi connectivity index (χ1) is 7.03. The topological polar surface area (TPSA) is 88.5 Å². The molecule has 15 heavy (non-hydrogen) atoms. The molecule has 1 N–H and O–H groups in total. The predicted octanol–water partition coefficient (Wildman–Crippen LogP) is 0.359. The second kappa shape index (κ2) is 4.33. The van der Waals surface area contributed by atoms with Gasteiger partial charge in [0.05, 0.1) is 6.42 Å². The van der Waals surface area contributed by atoms with Gasteiger partial charge in [-0.2, -0.15) is 0 Å². The monoisotopic (exact) mass is 212 g/mol. The molecule has 5 nitrogen and oxygen atoms in total. The van der Waals surface area contributed by atoms with E-state index in [0.29, 0.717) is 19.1 Å². The van der Waals surface area contributed by atoms with E-state index in [9.17, 15) is 19.2 Å². The summed E-state index contributed by atoms with van der Waals surface area (Å²) in [6, 6.07) is 0. The minimum absolute atomic E-state index is 0.154. The summed E-state index contributed by atoms with van der Waals surface area (Å²) in [7, 11) is 0. The van der Waals surface area contributed by atoms with Gasteiger partial charge in [0, 0.05) is 12.8 Å². The van der Waals surface area contributed by atoms with Crippen LogP contribution in [0.2, 0.25) is 0 Å². The molecule has 0 aliphatic heterocycles. The van der Waals surface area contributed by atoms with E-state index < -0.39 is 23.6 Å². The van der Waals surface area contributed by atoms with Crippen LogP contribution in [0, 0.1) is 5.41 Å². The Hall–Kier alpha value is -1.52. The van der Waals surface area contributed by atoms with E-state index in [1.165, 1.54) is 0 Å². The molecule has 0 bridgehead atoms. The lowest BCUT2D eigenvalue weighted by Crippen LogP contribution is -2.43. The van der Waals surface area contributed by atoms with Crippen molar-refractivity contribution < 1.29 is 24.3 Å². The van der Waals surface area contributed by atoms with E-state index in [1.54, 1.807) is 0 Å². The Labute approximate surface area is 86.5 Å². The van der Waals surface area contributed by atoms with Crippen molar-refractivity contribution >= 4 is 23.8 Å².